The molecule has 94 valence electrons. The second-order valence-electron chi connectivity index (χ2n) is 3.74. The molecule has 0 aliphatic rings. The van der Waals surface area contributed by atoms with Gasteiger partial charge in [0.25, 0.3) is 0 Å². The number of esters is 1. The molecule has 0 bridgehead atoms. The molecule has 0 fully saturated rings. The van der Waals surface area contributed by atoms with Crippen molar-refractivity contribution in [1.82, 2.24) is 0 Å². The third kappa shape index (κ3) is 4.44. The van der Waals surface area contributed by atoms with Crippen LogP contribution < -0.4 is 4.74 Å². The van der Waals surface area contributed by atoms with Gasteiger partial charge >= 0.3 is 5.97 Å². The number of hydrogen-bond donors (Lipinski definition) is 1. The number of aliphatic hydroxyl groups is 1. The average molecular weight is 238 g/mol. The van der Waals surface area contributed by atoms with Crippen LogP contribution in [0, 0.1) is 0 Å². The van der Waals surface area contributed by atoms with Crippen LogP contribution in [0.25, 0.3) is 0 Å². The summed E-state index contributed by atoms with van der Waals surface area (Å²) in [7, 11) is 1.26. The first-order valence-corrected chi connectivity index (χ1v) is 5.65. The molecule has 0 radical (unpaired) electrons. The Kier molecular flexibility index (Phi) is 5.49. The van der Waals surface area contributed by atoms with Crippen molar-refractivity contribution >= 4 is 5.97 Å². The fourth-order valence-electron chi connectivity index (χ4n) is 1.38. The van der Waals surface area contributed by atoms with E-state index in [0.717, 1.165) is 17.7 Å². The smallest absolute Gasteiger partial charge is 0.335 e. The lowest BCUT2D eigenvalue weighted by Crippen LogP contribution is -2.24. The van der Waals surface area contributed by atoms with Gasteiger partial charge in [-0.2, -0.15) is 0 Å². The molecule has 1 aromatic rings. The van der Waals surface area contributed by atoms with E-state index in [1.54, 1.807) is 0 Å². The van der Waals surface area contributed by atoms with Crippen LogP contribution >= 0.6 is 0 Å². The third-order valence-electron chi connectivity index (χ3n) is 2.30. The molecule has 0 aromatic heterocycles. The van der Waals surface area contributed by atoms with E-state index in [0.29, 0.717) is 6.61 Å². The Hall–Kier alpha value is -1.55. The quantitative estimate of drug-likeness (QED) is 0.764. The van der Waals surface area contributed by atoms with E-state index >= 15 is 0 Å². The molecule has 0 aliphatic carbocycles. The first-order chi connectivity index (χ1) is 8.17. The molecule has 0 saturated heterocycles. The van der Waals surface area contributed by atoms with Crippen molar-refractivity contribution in [1.29, 1.82) is 0 Å². The van der Waals surface area contributed by atoms with Gasteiger partial charge in [0.05, 0.1) is 13.7 Å². The highest BCUT2D eigenvalue weighted by Crippen LogP contribution is 2.14. The maximum Gasteiger partial charge on any atom is 0.335 e. The van der Waals surface area contributed by atoms with Gasteiger partial charge < -0.3 is 14.6 Å². The van der Waals surface area contributed by atoms with Crippen molar-refractivity contribution in [3.05, 3.63) is 29.8 Å². The SMILES string of the molecule is CCCOc1ccc(CC(O)C(=O)OC)cc1. The van der Waals surface area contributed by atoms with Crippen LogP contribution in [0.3, 0.4) is 0 Å². The molecule has 0 spiro atoms. The molecule has 1 atom stereocenters. The predicted octanol–water partition coefficient (Wildman–Crippen LogP) is 1.55. The minimum Gasteiger partial charge on any atom is -0.494 e. The molecular weight excluding hydrogens is 220 g/mol. The summed E-state index contributed by atoms with van der Waals surface area (Å²) in [6.45, 7) is 2.73. The number of aliphatic hydroxyl groups excluding tert-OH is 1. The normalized spacial score (nSPS) is 11.9. The van der Waals surface area contributed by atoms with E-state index in [4.69, 9.17) is 4.74 Å². The van der Waals surface area contributed by atoms with Crippen molar-refractivity contribution in [3.63, 3.8) is 0 Å². The van der Waals surface area contributed by atoms with Gasteiger partial charge in [-0.1, -0.05) is 19.1 Å². The van der Waals surface area contributed by atoms with Gasteiger partial charge in [-0.3, -0.25) is 0 Å². The van der Waals surface area contributed by atoms with E-state index in [2.05, 4.69) is 4.74 Å². The van der Waals surface area contributed by atoms with E-state index < -0.39 is 12.1 Å². The minimum atomic E-state index is -1.11. The Morgan fingerprint density at radius 2 is 2.00 bits per heavy atom. The minimum absolute atomic E-state index is 0.251. The molecular formula is C13H18O4. The number of hydrogen-bond acceptors (Lipinski definition) is 4. The Morgan fingerprint density at radius 3 is 2.53 bits per heavy atom. The summed E-state index contributed by atoms with van der Waals surface area (Å²) < 4.78 is 9.88. The van der Waals surface area contributed by atoms with Crippen molar-refractivity contribution < 1.29 is 19.4 Å². The van der Waals surface area contributed by atoms with E-state index in [9.17, 15) is 9.90 Å². The summed E-state index contributed by atoms with van der Waals surface area (Å²) in [4.78, 5) is 11.0. The molecule has 17 heavy (non-hydrogen) atoms. The molecule has 4 nitrogen and oxygen atoms in total. The molecule has 0 heterocycles. The Balaban J connectivity index is 2.53. The lowest BCUT2D eigenvalue weighted by Gasteiger charge is -2.09. The fourth-order valence-corrected chi connectivity index (χ4v) is 1.38. The maximum absolute atomic E-state index is 11.0. The standard InChI is InChI=1S/C13H18O4/c1-3-8-17-11-6-4-10(5-7-11)9-12(14)13(15)16-2/h4-7,12,14H,3,8-9H2,1-2H3. The molecule has 0 aliphatic heterocycles. The van der Waals surface area contributed by atoms with Crippen molar-refractivity contribution in [3.8, 4) is 5.75 Å². The third-order valence-corrected chi connectivity index (χ3v) is 2.30. The van der Waals surface area contributed by atoms with Crippen LogP contribution in [0.5, 0.6) is 5.75 Å². The summed E-state index contributed by atoms with van der Waals surface area (Å²) in [5.74, 6) is 0.180. The second-order valence-corrected chi connectivity index (χ2v) is 3.74. The van der Waals surface area contributed by atoms with Crippen molar-refractivity contribution in [2.75, 3.05) is 13.7 Å². The van der Waals surface area contributed by atoms with Crippen molar-refractivity contribution in [2.24, 2.45) is 0 Å². The summed E-state index contributed by atoms with van der Waals surface area (Å²) >= 11 is 0. The molecule has 1 rings (SSSR count). The second kappa shape index (κ2) is 6.91. The Bertz CT molecular complexity index is 345. The van der Waals surface area contributed by atoms with Crippen LogP contribution in [0.2, 0.25) is 0 Å². The first-order valence-electron chi connectivity index (χ1n) is 5.65. The first kappa shape index (κ1) is 13.5. The van der Waals surface area contributed by atoms with E-state index in [1.165, 1.54) is 7.11 Å². The summed E-state index contributed by atoms with van der Waals surface area (Å²) in [6, 6.07) is 7.32. The molecule has 4 heteroatoms. The monoisotopic (exact) mass is 238 g/mol. The van der Waals surface area contributed by atoms with Crippen LogP contribution in [-0.4, -0.2) is 30.9 Å². The van der Waals surface area contributed by atoms with Gasteiger partial charge in [-0.05, 0) is 24.1 Å². The molecule has 1 aromatic carbocycles. The highest BCUT2D eigenvalue weighted by molar-refractivity contribution is 5.74. The van der Waals surface area contributed by atoms with Crippen LogP contribution in [0.15, 0.2) is 24.3 Å². The Morgan fingerprint density at radius 1 is 1.35 bits per heavy atom. The summed E-state index contributed by atoms with van der Waals surface area (Å²) in [6.07, 6.45) is 0.103. The van der Waals surface area contributed by atoms with Gasteiger partial charge in [0.1, 0.15) is 5.75 Å². The maximum atomic E-state index is 11.0. The number of rotatable bonds is 6. The van der Waals surface area contributed by atoms with Crippen LogP contribution in [-0.2, 0) is 16.0 Å². The fraction of sp³-hybridized carbons (Fsp3) is 0.462. The van der Waals surface area contributed by atoms with Crippen molar-refractivity contribution in [2.45, 2.75) is 25.9 Å². The van der Waals surface area contributed by atoms with Crippen LogP contribution in [0.4, 0.5) is 0 Å². The highest BCUT2D eigenvalue weighted by Gasteiger charge is 2.15. The van der Waals surface area contributed by atoms with Gasteiger partial charge in [0.15, 0.2) is 6.10 Å². The zero-order valence-electron chi connectivity index (χ0n) is 10.2. The Labute approximate surface area is 101 Å². The van der Waals surface area contributed by atoms with Gasteiger partial charge in [-0.25, -0.2) is 4.79 Å². The topological polar surface area (TPSA) is 55.8 Å². The molecule has 0 saturated carbocycles. The summed E-state index contributed by atoms with van der Waals surface area (Å²) in [5.41, 5.74) is 0.867. The molecule has 1 N–H and O–H groups in total. The largest absolute Gasteiger partial charge is 0.494 e. The van der Waals surface area contributed by atoms with E-state index in [1.807, 2.05) is 31.2 Å². The molecule has 1 unspecified atom stereocenters. The zero-order valence-corrected chi connectivity index (χ0v) is 10.2. The number of carbonyl (C=O) groups is 1. The van der Waals surface area contributed by atoms with Gasteiger partial charge in [0.2, 0.25) is 0 Å². The predicted molar refractivity (Wildman–Crippen MR) is 64.0 cm³/mol. The highest BCUT2D eigenvalue weighted by atomic mass is 16.5. The number of ether oxygens (including phenoxy) is 2. The zero-order chi connectivity index (χ0) is 12.7. The lowest BCUT2D eigenvalue weighted by molar-refractivity contribution is -0.150. The summed E-state index contributed by atoms with van der Waals surface area (Å²) in [5, 5.41) is 9.48. The van der Waals surface area contributed by atoms with Crippen LogP contribution in [0.1, 0.15) is 18.9 Å². The molecule has 0 amide bonds. The van der Waals surface area contributed by atoms with E-state index in [-0.39, 0.29) is 6.42 Å². The van der Waals surface area contributed by atoms with Gasteiger partial charge in [-0.15, -0.1) is 0 Å². The number of carbonyl (C=O) groups excluding carboxylic acids is 1. The average Bonchev–Trinajstić information content (AvgIpc) is 2.37. The lowest BCUT2D eigenvalue weighted by atomic mass is 10.1. The number of methoxy groups -OCH3 is 1. The number of benzene rings is 1. The van der Waals surface area contributed by atoms with Gasteiger partial charge in [0, 0.05) is 6.42 Å².